The minimum atomic E-state index is -0.0444. The number of aromatic nitrogens is 2. The lowest BCUT2D eigenvalue weighted by molar-refractivity contribution is -0.133. The Balaban J connectivity index is 1.45. The molecule has 1 saturated carbocycles. The lowest BCUT2D eigenvalue weighted by Crippen LogP contribution is -2.39. The molecule has 1 aliphatic carbocycles. The molecule has 3 fully saturated rings. The van der Waals surface area contributed by atoms with Crippen molar-refractivity contribution < 1.29 is 4.79 Å². The predicted octanol–water partition coefficient (Wildman–Crippen LogP) is 1.35. The summed E-state index contributed by atoms with van der Waals surface area (Å²) in [4.78, 5) is 34.0. The monoisotopic (exact) mass is 330 g/mol. The Morgan fingerprint density at radius 3 is 2.58 bits per heavy atom. The molecule has 4 rings (SSSR count). The third kappa shape index (κ3) is 3.38. The summed E-state index contributed by atoms with van der Waals surface area (Å²) < 4.78 is 0. The van der Waals surface area contributed by atoms with Crippen molar-refractivity contribution >= 4 is 5.91 Å². The molecule has 3 heterocycles. The van der Waals surface area contributed by atoms with Crippen molar-refractivity contribution in [2.24, 2.45) is 5.92 Å². The Bertz CT molecular complexity index is 653. The van der Waals surface area contributed by atoms with E-state index in [4.69, 9.17) is 4.98 Å². The minimum Gasteiger partial charge on any atom is -0.342 e. The van der Waals surface area contributed by atoms with Crippen LogP contribution < -0.4 is 10.9 Å². The number of hydrogen-bond acceptors (Lipinski definition) is 4. The lowest BCUT2D eigenvalue weighted by Gasteiger charge is -2.32. The van der Waals surface area contributed by atoms with Crippen molar-refractivity contribution in [3.05, 3.63) is 27.9 Å². The second-order valence-corrected chi connectivity index (χ2v) is 7.47. The first-order valence-electron chi connectivity index (χ1n) is 9.31. The first kappa shape index (κ1) is 15.8. The number of amides is 1. The van der Waals surface area contributed by atoms with Crippen LogP contribution in [0.2, 0.25) is 0 Å². The molecule has 0 spiro atoms. The first-order valence-corrected chi connectivity index (χ1v) is 9.31. The van der Waals surface area contributed by atoms with E-state index in [0.29, 0.717) is 17.7 Å². The number of carbonyl (C=O) groups is 1. The summed E-state index contributed by atoms with van der Waals surface area (Å²) in [5, 5.41) is 3.39. The summed E-state index contributed by atoms with van der Waals surface area (Å²) in [7, 11) is 0. The molecule has 0 aromatic carbocycles. The zero-order valence-corrected chi connectivity index (χ0v) is 14.1. The third-order valence-electron chi connectivity index (χ3n) is 5.61. The fraction of sp³-hybridized carbons (Fsp3) is 0.722. The maximum absolute atomic E-state index is 12.2. The van der Waals surface area contributed by atoms with Gasteiger partial charge in [-0.3, -0.25) is 9.59 Å². The van der Waals surface area contributed by atoms with Gasteiger partial charge in [0.05, 0.1) is 5.69 Å². The summed E-state index contributed by atoms with van der Waals surface area (Å²) in [6, 6.07) is 1.66. The molecule has 1 aromatic rings. The van der Waals surface area contributed by atoms with Gasteiger partial charge in [-0.1, -0.05) is 0 Å². The molecule has 0 radical (unpaired) electrons. The Hall–Kier alpha value is -1.69. The summed E-state index contributed by atoms with van der Waals surface area (Å²) in [5.41, 5.74) is 0.884. The maximum Gasteiger partial charge on any atom is 0.251 e. The Kier molecular flexibility index (Phi) is 4.39. The Labute approximate surface area is 142 Å². The number of likely N-dealkylation sites (tertiary alicyclic amines) is 1. The minimum absolute atomic E-state index is 0.0444. The van der Waals surface area contributed by atoms with Crippen molar-refractivity contribution in [2.75, 3.05) is 26.2 Å². The highest BCUT2D eigenvalue weighted by Gasteiger charge is 2.35. The van der Waals surface area contributed by atoms with Gasteiger partial charge in [0.1, 0.15) is 5.82 Å². The number of carbonyl (C=O) groups excluding carboxylic acids is 1. The van der Waals surface area contributed by atoms with E-state index in [1.165, 1.54) is 0 Å². The normalized spacial score (nSPS) is 25.7. The van der Waals surface area contributed by atoms with Gasteiger partial charge in [-0.15, -0.1) is 0 Å². The van der Waals surface area contributed by atoms with E-state index in [-0.39, 0.29) is 11.5 Å². The van der Waals surface area contributed by atoms with E-state index in [2.05, 4.69) is 10.3 Å². The molecule has 6 nitrogen and oxygen atoms in total. The van der Waals surface area contributed by atoms with Crippen molar-refractivity contribution in [3.63, 3.8) is 0 Å². The summed E-state index contributed by atoms with van der Waals surface area (Å²) >= 11 is 0. The quantitative estimate of drug-likeness (QED) is 0.877. The molecular weight excluding hydrogens is 304 g/mol. The molecule has 6 heteroatoms. The third-order valence-corrected chi connectivity index (χ3v) is 5.61. The van der Waals surface area contributed by atoms with Gasteiger partial charge >= 0.3 is 0 Å². The van der Waals surface area contributed by atoms with Gasteiger partial charge in [-0.05, 0) is 45.1 Å². The average molecular weight is 330 g/mol. The number of nitrogens with one attached hydrogen (secondary N) is 2. The average Bonchev–Trinajstić information content (AvgIpc) is 3.47. The van der Waals surface area contributed by atoms with Crippen LogP contribution in [-0.2, 0) is 4.79 Å². The fourth-order valence-corrected chi connectivity index (χ4v) is 3.96. The standard InChI is InChI=1S/C18H26N4O2/c23-16-10-15(14-2-1-7-19-11-14)20-17(21-16)12-5-8-22(9-6-12)18(24)13-3-4-13/h10,12-14,19H,1-9,11H2,(H,20,21,23). The smallest absolute Gasteiger partial charge is 0.251 e. The van der Waals surface area contributed by atoms with Gasteiger partial charge in [-0.2, -0.15) is 0 Å². The summed E-state index contributed by atoms with van der Waals surface area (Å²) in [6.07, 6.45) is 6.14. The molecule has 1 aromatic heterocycles. The molecule has 0 bridgehead atoms. The lowest BCUT2D eigenvalue weighted by atomic mass is 9.93. The van der Waals surface area contributed by atoms with E-state index in [9.17, 15) is 9.59 Å². The number of piperidine rings is 2. The number of aromatic amines is 1. The number of nitrogens with zero attached hydrogens (tertiary/aromatic N) is 2. The highest BCUT2D eigenvalue weighted by molar-refractivity contribution is 5.81. The molecule has 2 saturated heterocycles. The maximum atomic E-state index is 12.2. The van der Waals surface area contributed by atoms with E-state index >= 15 is 0 Å². The van der Waals surface area contributed by atoms with Crippen LogP contribution in [0.1, 0.15) is 61.9 Å². The van der Waals surface area contributed by atoms with Crippen LogP contribution in [0.3, 0.4) is 0 Å². The van der Waals surface area contributed by atoms with Crippen LogP contribution in [0.5, 0.6) is 0 Å². The topological polar surface area (TPSA) is 78.1 Å². The SMILES string of the molecule is O=C(C1CC1)N1CCC(c2nc(C3CCCNC3)cc(=O)[nH]2)CC1. The largest absolute Gasteiger partial charge is 0.342 e. The molecule has 1 unspecified atom stereocenters. The summed E-state index contributed by atoms with van der Waals surface area (Å²) in [5.74, 6) is 2.05. The van der Waals surface area contributed by atoms with Crippen molar-refractivity contribution in [1.82, 2.24) is 20.2 Å². The highest BCUT2D eigenvalue weighted by atomic mass is 16.2. The number of rotatable bonds is 3. The Morgan fingerprint density at radius 2 is 1.92 bits per heavy atom. The van der Waals surface area contributed by atoms with Gasteiger partial charge in [0, 0.05) is 43.5 Å². The second-order valence-electron chi connectivity index (χ2n) is 7.47. The molecular formula is C18H26N4O2. The number of hydrogen-bond donors (Lipinski definition) is 2. The highest BCUT2D eigenvalue weighted by Crippen LogP contribution is 2.34. The van der Waals surface area contributed by atoms with Crippen LogP contribution in [0.25, 0.3) is 0 Å². The van der Waals surface area contributed by atoms with Gasteiger partial charge in [0.25, 0.3) is 5.56 Å². The second kappa shape index (κ2) is 6.67. The predicted molar refractivity (Wildman–Crippen MR) is 91.0 cm³/mol. The van der Waals surface area contributed by atoms with E-state index in [1.54, 1.807) is 6.07 Å². The molecule has 24 heavy (non-hydrogen) atoms. The molecule has 1 atom stereocenters. The van der Waals surface area contributed by atoms with Crippen LogP contribution in [0, 0.1) is 5.92 Å². The molecule has 130 valence electrons. The van der Waals surface area contributed by atoms with Crippen molar-refractivity contribution in [2.45, 2.75) is 50.4 Å². The zero-order chi connectivity index (χ0) is 16.5. The fourth-order valence-electron chi connectivity index (χ4n) is 3.96. The van der Waals surface area contributed by atoms with Crippen molar-refractivity contribution in [1.29, 1.82) is 0 Å². The molecule has 2 N–H and O–H groups in total. The number of H-pyrrole nitrogens is 1. The van der Waals surface area contributed by atoms with E-state index < -0.39 is 0 Å². The van der Waals surface area contributed by atoms with Crippen molar-refractivity contribution in [3.8, 4) is 0 Å². The first-order chi connectivity index (χ1) is 11.7. The molecule has 2 aliphatic heterocycles. The molecule has 3 aliphatic rings. The van der Waals surface area contributed by atoms with Crippen LogP contribution in [0.4, 0.5) is 0 Å². The van der Waals surface area contributed by atoms with E-state index in [0.717, 1.165) is 76.2 Å². The van der Waals surface area contributed by atoms with Gasteiger partial charge in [-0.25, -0.2) is 4.98 Å². The van der Waals surface area contributed by atoms with Crippen LogP contribution in [0.15, 0.2) is 10.9 Å². The molecule has 1 amide bonds. The van der Waals surface area contributed by atoms with E-state index in [1.807, 2.05) is 4.90 Å². The van der Waals surface area contributed by atoms with Gasteiger partial charge in [0.2, 0.25) is 5.91 Å². The van der Waals surface area contributed by atoms with Gasteiger partial charge in [0.15, 0.2) is 0 Å². The summed E-state index contributed by atoms with van der Waals surface area (Å²) in [6.45, 7) is 3.54. The van der Waals surface area contributed by atoms with Crippen LogP contribution >= 0.6 is 0 Å². The zero-order valence-electron chi connectivity index (χ0n) is 14.1. The Morgan fingerprint density at radius 1 is 1.12 bits per heavy atom. The van der Waals surface area contributed by atoms with Crippen LogP contribution in [-0.4, -0.2) is 47.0 Å². The van der Waals surface area contributed by atoms with Gasteiger partial charge < -0.3 is 15.2 Å².